The van der Waals surface area contributed by atoms with Crippen LogP contribution in [0.15, 0.2) is 47.3 Å². The van der Waals surface area contributed by atoms with Crippen molar-refractivity contribution in [2.45, 2.75) is 6.04 Å². The van der Waals surface area contributed by atoms with E-state index >= 15 is 0 Å². The summed E-state index contributed by atoms with van der Waals surface area (Å²) in [7, 11) is 0. The summed E-state index contributed by atoms with van der Waals surface area (Å²) in [6.45, 7) is 3.88. The molecule has 2 heterocycles. The van der Waals surface area contributed by atoms with Crippen LogP contribution in [-0.2, 0) is 0 Å². The SMILES string of the molecule is NCC(c1ccoc1)N1CCN(c2ccccc2F)CC1. The van der Waals surface area contributed by atoms with Gasteiger partial charge in [-0.05, 0) is 18.2 Å². The number of hydrogen-bond acceptors (Lipinski definition) is 4. The van der Waals surface area contributed by atoms with E-state index in [0.29, 0.717) is 12.2 Å². The van der Waals surface area contributed by atoms with Gasteiger partial charge < -0.3 is 15.1 Å². The average molecular weight is 289 g/mol. The van der Waals surface area contributed by atoms with E-state index in [1.807, 2.05) is 18.2 Å². The molecule has 1 aliphatic rings. The molecule has 0 bridgehead atoms. The number of hydrogen-bond donors (Lipinski definition) is 1. The van der Waals surface area contributed by atoms with Crippen LogP contribution in [0.5, 0.6) is 0 Å². The van der Waals surface area contributed by atoms with Crippen molar-refractivity contribution in [1.82, 2.24) is 4.90 Å². The average Bonchev–Trinajstić information content (AvgIpc) is 3.04. The van der Waals surface area contributed by atoms with Crippen LogP contribution in [0.2, 0.25) is 0 Å². The van der Waals surface area contributed by atoms with E-state index < -0.39 is 0 Å². The molecule has 0 amide bonds. The zero-order valence-electron chi connectivity index (χ0n) is 11.9. The second-order valence-corrected chi connectivity index (χ2v) is 5.28. The van der Waals surface area contributed by atoms with Crippen molar-refractivity contribution in [2.24, 2.45) is 5.73 Å². The first-order valence-corrected chi connectivity index (χ1v) is 7.25. The van der Waals surface area contributed by atoms with Gasteiger partial charge in [-0.2, -0.15) is 0 Å². The van der Waals surface area contributed by atoms with E-state index in [1.165, 1.54) is 6.07 Å². The molecular formula is C16H20FN3O. The van der Waals surface area contributed by atoms with Gasteiger partial charge in [-0.15, -0.1) is 0 Å². The molecule has 1 aromatic carbocycles. The lowest BCUT2D eigenvalue weighted by Gasteiger charge is -2.39. The quantitative estimate of drug-likeness (QED) is 0.937. The summed E-state index contributed by atoms with van der Waals surface area (Å²) in [6, 6.07) is 9.07. The molecule has 21 heavy (non-hydrogen) atoms. The molecule has 1 fully saturated rings. The topological polar surface area (TPSA) is 45.6 Å². The number of furan rings is 1. The van der Waals surface area contributed by atoms with E-state index in [9.17, 15) is 4.39 Å². The van der Waals surface area contributed by atoms with Crippen molar-refractivity contribution in [1.29, 1.82) is 0 Å². The number of benzene rings is 1. The zero-order valence-corrected chi connectivity index (χ0v) is 11.9. The molecule has 2 N–H and O–H groups in total. The fourth-order valence-corrected chi connectivity index (χ4v) is 2.94. The Balaban J connectivity index is 1.66. The minimum atomic E-state index is -0.156. The predicted molar refractivity (Wildman–Crippen MR) is 80.7 cm³/mol. The molecule has 0 aliphatic carbocycles. The summed E-state index contributed by atoms with van der Waals surface area (Å²) in [6.07, 6.45) is 3.42. The van der Waals surface area contributed by atoms with Gasteiger partial charge in [0, 0.05) is 38.3 Å². The molecule has 3 rings (SSSR count). The maximum atomic E-state index is 13.8. The molecule has 0 spiro atoms. The Morgan fingerprint density at radius 1 is 1.14 bits per heavy atom. The molecule has 1 atom stereocenters. The first kappa shape index (κ1) is 14.1. The summed E-state index contributed by atoms with van der Waals surface area (Å²) in [4.78, 5) is 4.43. The van der Waals surface area contributed by atoms with Crippen molar-refractivity contribution in [3.05, 3.63) is 54.2 Å². The summed E-state index contributed by atoms with van der Waals surface area (Å²) >= 11 is 0. The summed E-state index contributed by atoms with van der Waals surface area (Å²) < 4.78 is 19.0. The van der Waals surface area contributed by atoms with Crippen LogP contribution in [0.4, 0.5) is 10.1 Å². The molecule has 1 unspecified atom stereocenters. The fraction of sp³-hybridized carbons (Fsp3) is 0.375. The Labute approximate surface area is 123 Å². The van der Waals surface area contributed by atoms with Gasteiger partial charge in [0.15, 0.2) is 0 Å². The van der Waals surface area contributed by atoms with Crippen LogP contribution in [-0.4, -0.2) is 37.6 Å². The number of piperazine rings is 1. The lowest BCUT2D eigenvalue weighted by Crippen LogP contribution is -2.49. The number of rotatable bonds is 4. The van der Waals surface area contributed by atoms with Gasteiger partial charge in [0.1, 0.15) is 5.82 Å². The van der Waals surface area contributed by atoms with Crippen LogP contribution >= 0.6 is 0 Å². The molecule has 2 aromatic rings. The second kappa shape index (κ2) is 6.28. The monoisotopic (exact) mass is 289 g/mol. The summed E-state index contributed by atoms with van der Waals surface area (Å²) in [5.74, 6) is -0.156. The van der Waals surface area contributed by atoms with Gasteiger partial charge >= 0.3 is 0 Å². The Kier molecular flexibility index (Phi) is 4.22. The molecule has 0 saturated carbocycles. The maximum absolute atomic E-state index is 13.8. The highest BCUT2D eigenvalue weighted by Crippen LogP contribution is 2.25. The third-order valence-electron chi connectivity index (χ3n) is 4.10. The number of anilines is 1. The largest absolute Gasteiger partial charge is 0.472 e. The smallest absolute Gasteiger partial charge is 0.146 e. The third kappa shape index (κ3) is 2.94. The van der Waals surface area contributed by atoms with Gasteiger partial charge in [-0.3, -0.25) is 4.90 Å². The first-order valence-electron chi connectivity index (χ1n) is 7.25. The van der Waals surface area contributed by atoms with Crippen molar-refractivity contribution < 1.29 is 8.81 Å². The number of nitrogens with two attached hydrogens (primary N) is 1. The van der Waals surface area contributed by atoms with Crippen molar-refractivity contribution in [3.8, 4) is 0 Å². The Morgan fingerprint density at radius 3 is 2.52 bits per heavy atom. The Bertz CT molecular complexity index is 565. The molecular weight excluding hydrogens is 269 g/mol. The number of para-hydroxylation sites is 1. The highest BCUT2D eigenvalue weighted by Gasteiger charge is 2.25. The molecule has 1 aromatic heterocycles. The van der Waals surface area contributed by atoms with Crippen LogP contribution in [0, 0.1) is 5.82 Å². The van der Waals surface area contributed by atoms with Gasteiger partial charge in [-0.25, -0.2) is 4.39 Å². The minimum Gasteiger partial charge on any atom is -0.472 e. The molecule has 1 aliphatic heterocycles. The Morgan fingerprint density at radius 2 is 1.90 bits per heavy atom. The van der Waals surface area contributed by atoms with E-state index in [4.69, 9.17) is 10.2 Å². The van der Waals surface area contributed by atoms with E-state index in [-0.39, 0.29) is 11.9 Å². The standard InChI is InChI=1S/C16H20FN3O/c17-14-3-1-2-4-15(14)19-6-8-20(9-7-19)16(11-18)13-5-10-21-12-13/h1-5,10,12,16H,6-9,11,18H2. The van der Waals surface area contributed by atoms with Gasteiger partial charge in [0.2, 0.25) is 0 Å². The highest BCUT2D eigenvalue weighted by atomic mass is 19.1. The maximum Gasteiger partial charge on any atom is 0.146 e. The van der Waals surface area contributed by atoms with Gasteiger partial charge in [0.25, 0.3) is 0 Å². The Hall–Kier alpha value is -1.85. The van der Waals surface area contributed by atoms with Gasteiger partial charge in [-0.1, -0.05) is 12.1 Å². The van der Waals surface area contributed by atoms with Crippen molar-refractivity contribution in [2.75, 3.05) is 37.6 Å². The third-order valence-corrected chi connectivity index (χ3v) is 4.10. The van der Waals surface area contributed by atoms with Crippen LogP contribution in [0.1, 0.15) is 11.6 Å². The van der Waals surface area contributed by atoms with Gasteiger partial charge in [0.05, 0.1) is 24.3 Å². The van der Waals surface area contributed by atoms with Crippen molar-refractivity contribution in [3.63, 3.8) is 0 Å². The highest BCUT2D eigenvalue weighted by molar-refractivity contribution is 5.48. The predicted octanol–water partition coefficient (Wildman–Crippen LogP) is 2.24. The summed E-state index contributed by atoms with van der Waals surface area (Å²) in [5.41, 5.74) is 7.70. The lowest BCUT2D eigenvalue weighted by atomic mass is 10.1. The molecule has 112 valence electrons. The zero-order chi connectivity index (χ0) is 14.7. The van der Waals surface area contributed by atoms with E-state index in [0.717, 1.165) is 31.7 Å². The molecule has 4 nitrogen and oxygen atoms in total. The van der Waals surface area contributed by atoms with Crippen LogP contribution in [0.3, 0.4) is 0 Å². The number of nitrogens with zero attached hydrogens (tertiary/aromatic N) is 2. The van der Waals surface area contributed by atoms with Crippen LogP contribution < -0.4 is 10.6 Å². The molecule has 5 heteroatoms. The summed E-state index contributed by atoms with van der Waals surface area (Å²) in [5, 5.41) is 0. The van der Waals surface area contributed by atoms with E-state index in [1.54, 1.807) is 18.6 Å². The number of halogens is 1. The fourth-order valence-electron chi connectivity index (χ4n) is 2.94. The minimum absolute atomic E-state index is 0.156. The van der Waals surface area contributed by atoms with E-state index in [2.05, 4.69) is 9.80 Å². The van der Waals surface area contributed by atoms with Crippen molar-refractivity contribution >= 4 is 5.69 Å². The molecule has 1 saturated heterocycles. The molecule has 0 radical (unpaired) electrons. The lowest BCUT2D eigenvalue weighted by molar-refractivity contribution is 0.189. The normalized spacial score (nSPS) is 17.9. The van der Waals surface area contributed by atoms with Crippen LogP contribution in [0.25, 0.3) is 0 Å². The second-order valence-electron chi connectivity index (χ2n) is 5.28. The first-order chi connectivity index (χ1) is 10.3.